The van der Waals surface area contributed by atoms with Gasteiger partial charge in [0.1, 0.15) is 0 Å². The van der Waals surface area contributed by atoms with E-state index in [1.807, 2.05) is 85.8 Å². The molecule has 3 aromatic carbocycles. The van der Waals surface area contributed by atoms with E-state index in [9.17, 15) is 4.79 Å². The third kappa shape index (κ3) is 3.74. The van der Waals surface area contributed by atoms with Crippen LogP contribution in [0, 0.1) is 6.92 Å². The average molecular weight is 423 g/mol. The summed E-state index contributed by atoms with van der Waals surface area (Å²) in [7, 11) is 1.58. The van der Waals surface area contributed by atoms with E-state index < -0.39 is 6.03 Å². The molecule has 0 unspecified atom stereocenters. The Morgan fingerprint density at radius 3 is 2.53 bits per heavy atom. The van der Waals surface area contributed by atoms with Gasteiger partial charge in [-0.05, 0) is 43.3 Å². The van der Waals surface area contributed by atoms with Crippen molar-refractivity contribution in [3.8, 4) is 17.0 Å². The first kappa shape index (κ1) is 19.6. The normalized spacial score (nSPS) is 11.8. The highest BCUT2D eigenvalue weighted by atomic mass is 16.5. The van der Waals surface area contributed by atoms with E-state index in [4.69, 9.17) is 9.15 Å². The number of carbonyl (C=O) groups is 1. The lowest BCUT2D eigenvalue weighted by atomic mass is 10.1. The maximum absolute atomic E-state index is 12.7. The summed E-state index contributed by atoms with van der Waals surface area (Å²) >= 11 is 0. The topological polar surface area (TPSA) is 79.6 Å². The minimum Gasteiger partial charge on any atom is -0.493 e. The molecule has 6 nitrogen and oxygen atoms in total. The molecule has 5 rings (SSSR count). The van der Waals surface area contributed by atoms with Gasteiger partial charge in [-0.2, -0.15) is 4.99 Å². The first-order chi connectivity index (χ1) is 15.6. The minimum atomic E-state index is -0.524. The molecule has 2 amide bonds. The van der Waals surface area contributed by atoms with Gasteiger partial charge >= 0.3 is 6.03 Å². The van der Waals surface area contributed by atoms with E-state index in [-0.39, 0.29) is 5.55 Å². The van der Waals surface area contributed by atoms with Crippen LogP contribution in [-0.4, -0.2) is 18.1 Å². The van der Waals surface area contributed by atoms with Gasteiger partial charge in [0.25, 0.3) is 0 Å². The molecule has 158 valence electrons. The zero-order chi connectivity index (χ0) is 22.1. The Morgan fingerprint density at radius 2 is 1.75 bits per heavy atom. The summed E-state index contributed by atoms with van der Waals surface area (Å²) in [5.41, 5.74) is 4.97. The molecule has 2 heterocycles. The number of hydrogen-bond donors (Lipinski definition) is 2. The molecule has 0 saturated carbocycles. The van der Waals surface area contributed by atoms with Crippen LogP contribution in [0.3, 0.4) is 0 Å². The molecule has 2 aromatic heterocycles. The second-order valence-corrected chi connectivity index (χ2v) is 7.52. The lowest BCUT2D eigenvalue weighted by Crippen LogP contribution is -2.14. The van der Waals surface area contributed by atoms with Crippen molar-refractivity contribution >= 4 is 33.6 Å². The Morgan fingerprint density at radius 1 is 0.969 bits per heavy atom. The van der Waals surface area contributed by atoms with Gasteiger partial charge in [-0.1, -0.05) is 48.0 Å². The number of nitrogens with zero attached hydrogens (tertiary/aromatic N) is 1. The molecule has 2 N–H and O–H groups in total. The van der Waals surface area contributed by atoms with Crippen LogP contribution in [0.2, 0.25) is 0 Å². The number of nitrogens with one attached hydrogen (secondary N) is 2. The van der Waals surface area contributed by atoms with Crippen LogP contribution in [0.1, 0.15) is 5.56 Å². The van der Waals surface area contributed by atoms with Crippen LogP contribution in [0.25, 0.3) is 33.1 Å². The highest BCUT2D eigenvalue weighted by molar-refractivity contribution is 5.92. The van der Waals surface area contributed by atoms with Gasteiger partial charge in [0, 0.05) is 22.0 Å². The molecule has 6 heteroatoms. The largest absolute Gasteiger partial charge is 0.493 e. The van der Waals surface area contributed by atoms with Crippen LogP contribution in [-0.2, 0) is 0 Å². The van der Waals surface area contributed by atoms with E-state index in [1.54, 1.807) is 7.11 Å². The highest BCUT2D eigenvalue weighted by Crippen LogP contribution is 2.28. The molecular weight excluding hydrogens is 402 g/mol. The second kappa shape index (κ2) is 8.07. The summed E-state index contributed by atoms with van der Waals surface area (Å²) in [6.45, 7) is 1.99. The predicted molar refractivity (Wildman–Crippen MR) is 126 cm³/mol. The van der Waals surface area contributed by atoms with Crippen molar-refractivity contribution in [1.29, 1.82) is 0 Å². The molecule has 0 radical (unpaired) electrons. The first-order valence-electron chi connectivity index (χ1n) is 10.2. The van der Waals surface area contributed by atoms with Gasteiger partial charge in [-0.3, -0.25) is 0 Å². The summed E-state index contributed by atoms with van der Waals surface area (Å²) in [6, 6.07) is 24.6. The molecule has 0 aliphatic carbocycles. The third-order valence-electron chi connectivity index (χ3n) is 5.28. The van der Waals surface area contributed by atoms with Crippen molar-refractivity contribution < 1.29 is 13.9 Å². The number of carbonyl (C=O) groups excluding carboxylic acids is 1. The number of aryl methyl sites for hydroxylation is 1. The van der Waals surface area contributed by atoms with Gasteiger partial charge in [-0.25, -0.2) is 4.79 Å². The Hall–Kier alpha value is -4.32. The standard InChI is InChI=1S/C26H21N3O3/c1-16-10-12-19(13-11-16)27-26(30)29-25-20(22-15-17-6-3-4-8-21(17)28-22)14-18-7-5-9-23(31-2)24(18)32-25/h3-15,28H,1-2H3,(H,27,30)/b29-25-. The van der Waals surface area contributed by atoms with E-state index in [0.717, 1.165) is 27.5 Å². The number of aromatic amines is 1. The number of aromatic nitrogens is 1. The lowest BCUT2D eigenvalue weighted by Gasteiger charge is -2.07. The quantitative estimate of drug-likeness (QED) is 0.372. The molecular formula is C26H21N3O3. The number of ether oxygens (including phenoxy) is 1. The number of anilines is 1. The molecule has 0 fully saturated rings. The van der Waals surface area contributed by atoms with Gasteiger partial charge in [-0.15, -0.1) is 0 Å². The van der Waals surface area contributed by atoms with Crippen LogP contribution in [0.5, 0.6) is 5.75 Å². The fraction of sp³-hybridized carbons (Fsp3) is 0.0769. The zero-order valence-corrected chi connectivity index (χ0v) is 17.7. The third-order valence-corrected chi connectivity index (χ3v) is 5.28. The SMILES string of the molecule is COc1cccc2cc(-c3cc4ccccc4[nH]3)/c(=N/C(=O)Nc3ccc(C)cc3)oc12. The van der Waals surface area contributed by atoms with Gasteiger partial charge in [0.15, 0.2) is 11.3 Å². The summed E-state index contributed by atoms with van der Waals surface area (Å²) in [5, 5.41) is 4.69. The Kier molecular flexibility index (Phi) is 4.95. The number of fused-ring (bicyclic) bond motifs is 2. The Balaban J connectivity index is 1.67. The van der Waals surface area contributed by atoms with Crippen molar-refractivity contribution in [1.82, 2.24) is 4.98 Å². The van der Waals surface area contributed by atoms with Crippen molar-refractivity contribution in [3.63, 3.8) is 0 Å². The summed E-state index contributed by atoms with van der Waals surface area (Å²) in [6.07, 6.45) is 0. The zero-order valence-electron chi connectivity index (χ0n) is 17.7. The van der Waals surface area contributed by atoms with E-state index in [2.05, 4.69) is 15.3 Å². The molecule has 0 saturated heterocycles. The maximum atomic E-state index is 12.7. The lowest BCUT2D eigenvalue weighted by molar-refractivity contribution is 0.258. The summed E-state index contributed by atoms with van der Waals surface area (Å²) < 4.78 is 11.6. The maximum Gasteiger partial charge on any atom is 0.348 e. The summed E-state index contributed by atoms with van der Waals surface area (Å²) in [5.74, 6) is 0.570. The van der Waals surface area contributed by atoms with Crippen molar-refractivity contribution in [2.75, 3.05) is 12.4 Å². The number of methoxy groups -OCH3 is 1. The smallest absolute Gasteiger partial charge is 0.348 e. The molecule has 0 spiro atoms. The number of urea groups is 1. The van der Waals surface area contributed by atoms with Crippen molar-refractivity contribution in [3.05, 3.63) is 90.0 Å². The fourth-order valence-electron chi connectivity index (χ4n) is 3.66. The second-order valence-electron chi connectivity index (χ2n) is 7.52. The monoisotopic (exact) mass is 423 g/mol. The van der Waals surface area contributed by atoms with Crippen molar-refractivity contribution in [2.24, 2.45) is 4.99 Å². The van der Waals surface area contributed by atoms with E-state index in [0.29, 0.717) is 22.6 Å². The first-order valence-corrected chi connectivity index (χ1v) is 10.2. The number of para-hydroxylation sites is 2. The predicted octanol–water partition coefficient (Wildman–Crippen LogP) is 6.03. The Bertz CT molecular complexity index is 1480. The van der Waals surface area contributed by atoms with E-state index in [1.165, 1.54) is 0 Å². The van der Waals surface area contributed by atoms with Gasteiger partial charge < -0.3 is 19.5 Å². The highest BCUT2D eigenvalue weighted by Gasteiger charge is 2.13. The molecule has 32 heavy (non-hydrogen) atoms. The molecule has 5 aromatic rings. The van der Waals surface area contributed by atoms with Crippen LogP contribution in [0.4, 0.5) is 10.5 Å². The number of benzene rings is 3. The number of amides is 2. The van der Waals surface area contributed by atoms with Crippen LogP contribution >= 0.6 is 0 Å². The molecule has 0 aliphatic heterocycles. The van der Waals surface area contributed by atoms with Crippen LogP contribution in [0.15, 0.2) is 88.3 Å². The average Bonchev–Trinajstić information content (AvgIpc) is 3.24. The molecule has 0 atom stereocenters. The molecule has 0 aliphatic rings. The van der Waals surface area contributed by atoms with Crippen molar-refractivity contribution in [2.45, 2.75) is 6.92 Å². The van der Waals surface area contributed by atoms with Crippen LogP contribution < -0.4 is 15.6 Å². The fourth-order valence-corrected chi connectivity index (χ4v) is 3.66. The molecule has 0 bridgehead atoms. The summed E-state index contributed by atoms with van der Waals surface area (Å²) in [4.78, 5) is 20.4. The number of H-pyrrole nitrogens is 1. The minimum absolute atomic E-state index is 0.193. The number of hydrogen-bond acceptors (Lipinski definition) is 3. The van der Waals surface area contributed by atoms with Gasteiger partial charge in [0.05, 0.1) is 18.4 Å². The van der Waals surface area contributed by atoms with E-state index >= 15 is 0 Å². The van der Waals surface area contributed by atoms with Gasteiger partial charge in [0.2, 0.25) is 5.55 Å². The number of rotatable bonds is 3. The Labute approximate surface area is 184 Å².